The van der Waals surface area contributed by atoms with Gasteiger partial charge in [0.2, 0.25) is 0 Å². The van der Waals surface area contributed by atoms with Crippen molar-refractivity contribution in [3.63, 3.8) is 0 Å². The average Bonchev–Trinajstić information content (AvgIpc) is 2.07. The molecule has 1 saturated carbocycles. The fourth-order valence-corrected chi connectivity index (χ4v) is 4.68. The van der Waals surface area contributed by atoms with E-state index in [0.717, 1.165) is 0 Å². The SMILES string of the molecule is CCCC[SiH2]C1CCCCC1. The van der Waals surface area contributed by atoms with Crippen molar-refractivity contribution in [3.8, 4) is 0 Å². The Balaban J connectivity index is 1.96. The maximum atomic E-state index is 2.31. The first kappa shape index (κ1) is 9.31. The molecular formula is C10H22Si. The van der Waals surface area contributed by atoms with Crippen LogP contribution in [0.1, 0.15) is 51.9 Å². The van der Waals surface area contributed by atoms with Crippen molar-refractivity contribution in [1.82, 2.24) is 0 Å². The van der Waals surface area contributed by atoms with Gasteiger partial charge in [-0.2, -0.15) is 0 Å². The number of hydrogen-bond donors (Lipinski definition) is 0. The zero-order chi connectivity index (χ0) is 7.94. The predicted octanol–water partition coefficient (Wildman–Crippen LogP) is 3.13. The third-order valence-electron chi connectivity index (χ3n) is 2.94. The lowest BCUT2D eigenvalue weighted by molar-refractivity contribution is 0.499. The predicted molar refractivity (Wildman–Crippen MR) is 55.1 cm³/mol. The van der Waals surface area contributed by atoms with Crippen LogP contribution in [0, 0.1) is 0 Å². The molecule has 11 heavy (non-hydrogen) atoms. The van der Waals surface area contributed by atoms with Crippen LogP contribution in [0.2, 0.25) is 11.6 Å². The number of unbranched alkanes of at least 4 members (excludes halogenated alkanes) is 1. The lowest BCUT2D eigenvalue weighted by Crippen LogP contribution is -2.07. The van der Waals surface area contributed by atoms with Gasteiger partial charge in [0.05, 0.1) is 0 Å². The third kappa shape index (κ3) is 3.95. The summed E-state index contributed by atoms with van der Waals surface area (Å²) in [5.74, 6) is 0. The molecular weight excluding hydrogens is 148 g/mol. The van der Waals surface area contributed by atoms with Gasteiger partial charge in [-0.25, -0.2) is 0 Å². The normalized spacial score (nSPS) is 21.5. The largest absolute Gasteiger partial charge is 0.0654 e. The summed E-state index contributed by atoms with van der Waals surface area (Å²) in [6.45, 7) is 2.31. The van der Waals surface area contributed by atoms with Crippen LogP contribution in [0.4, 0.5) is 0 Å². The monoisotopic (exact) mass is 170 g/mol. The van der Waals surface area contributed by atoms with E-state index in [1.165, 1.54) is 24.8 Å². The highest BCUT2D eigenvalue weighted by Gasteiger charge is 2.12. The maximum absolute atomic E-state index is 2.31. The second kappa shape index (κ2) is 5.82. The Morgan fingerprint density at radius 1 is 1.18 bits per heavy atom. The van der Waals surface area contributed by atoms with Crippen LogP contribution in [0.3, 0.4) is 0 Å². The first-order valence-electron chi connectivity index (χ1n) is 5.43. The van der Waals surface area contributed by atoms with Gasteiger partial charge in [0.1, 0.15) is 0 Å². The van der Waals surface area contributed by atoms with E-state index >= 15 is 0 Å². The maximum Gasteiger partial charge on any atom is 0.0231 e. The quantitative estimate of drug-likeness (QED) is 0.449. The van der Waals surface area contributed by atoms with Crippen LogP contribution in [0.25, 0.3) is 0 Å². The molecule has 0 aromatic rings. The summed E-state index contributed by atoms with van der Waals surface area (Å²) in [6, 6.07) is 1.63. The first-order chi connectivity index (χ1) is 5.43. The zero-order valence-electron chi connectivity index (χ0n) is 7.94. The zero-order valence-corrected chi connectivity index (χ0v) is 9.36. The molecule has 0 nitrogen and oxygen atoms in total. The molecule has 0 aliphatic heterocycles. The van der Waals surface area contributed by atoms with Crippen LogP contribution in [0.15, 0.2) is 0 Å². The summed E-state index contributed by atoms with van der Waals surface area (Å²) in [4.78, 5) is 0. The molecule has 0 amide bonds. The molecule has 0 unspecified atom stereocenters. The van der Waals surface area contributed by atoms with Crippen LogP contribution >= 0.6 is 0 Å². The molecule has 0 saturated heterocycles. The van der Waals surface area contributed by atoms with Crippen LogP contribution in [-0.2, 0) is 0 Å². The summed E-state index contributed by atoms with van der Waals surface area (Å²) in [7, 11) is 0.355. The molecule has 66 valence electrons. The Morgan fingerprint density at radius 2 is 1.91 bits per heavy atom. The molecule has 1 aliphatic rings. The van der Waals surface area contributed by atoms with Crippen molar-refractivity contribution in [2.24, 2.45) is 0 Å². The molecule has 1 aliphatic carbocycles. The smallest absolute Gasteiger partial charge is 0.0231 e. The van der Waals surface area contributed by atoms with Crippen LogP contribution in [0.5, 0.6) is 0 Å². The van der Waals surface area contributed by atoms with E-state index in [2.05, 4.69) is 6.92 Å². The highest BCUT2D eigenvalue weighted by atomic mass is 28.2. The Morgan fingerprint density at radius 3 is 2.55 bits per heavy atom. The van der Waals surface area contributed by atoms with Crippen molar-refractivity contribution in [3.05, 3.63) is 0 Å². The van der Waals surface area contributed by atoms with E-state index in [1.807, 2.05) is 0 Å². The minimum atomic E-state index is 0.355. The minimum Gasteiger partial charge on any atom is -0.0654 e. The van der Waals surface area contributed by atoms with Gasteiger partial charge in [0.25, 0.3) is 0 Å². The second-order valence-electron chi connectivity index (χ2n) is 4.00. The molecule has 0 atom stereocenters. The minimum absolute atomic E-state index is 0.355. The molecule has 0 radical (unpaired) electrons. The first-order valence-corrected chi connectivity index (χ1v) is 7.25. The lowest BCUT2D eigenvalue weighted by atomic mass is 10.0. The molecule has 0 aromatic heterocycles. The highest BCUT2D eigenvalue weighted by molar-refractivity contribution is 6.37. The van der Waals surface area contributed by atoms with E-state index in [0.29, 0.717) is 9.52 Å². The second-order valence-corrected chi connectivity index (χ2v) is 6.44. The molecule has 0 N–H and O–H groups in total. The van der Waals surface area contributed by atoms with E-state index < -0.39 is 0 Å². The van der Waals surface area contributed by atoms with Gasteiger partial charge in [0.15, 0.2) is 0 Å². The Labute approximate surface area is 73.6 Å². The van der Waals surface area contributed by atoms with Gasteiger partial charge in [-0.15, -0.1) is 0 Å². The number of rotatable bonds is 4. The Bertz CT molecular complexity index is 84.9. The topological polar surface area (TPSA) is 0 Å². The fourth-order valence-electron chi connectivity index (χ4n) is 2.16. The highest BCUT2D eigenvalue weighted by Crippen LogP contribution is 2.28. The van der Waals surface area contributed by atoms with E-state index in [-0.39, 0.29) is 0 Å². The van der Waals surface area contributed by atoms with Gasteiger partial charge in [-0.05, 0) is 0 Å². The van der Waals surface area contributed by atoms with Crippen molar-refractivity contribution in [1.29, 1.82) is 0 Å². The summed E-state index contributed by atoms with van der Waals surface area (Å²) < 4.78 is 0. The van der Waals surface area contributed by atoms with E-state index in [1.54, 1.807) is 31.7 Å². The van der Waals surface area contributed by atoms with Crippen LogP contribution in [-0.4, -0.2) is 9.52 Å². The molecule has 0 heterocycles. The number of hydrogen-bond acceptors (Lipinski definition) is 0. The lowest BCUT2D eigenvalue weighted by Gasteiger charge is -2.20. The summed E-state index contributed by atoms with van der Waals surface area (Å²) in [5.41, 5.74) is 1.25. The standard InChI is InChI=1S/C10H22Si/c1-2-3-9-11-10-7-5-4-6-8-10/h10H,2-9,11H2,1H3. The fraction of sp³-hybridized carbons (Fsp3) is 1.00. The Kier molecular flexibility index (Phi) is 4.92. The van der Waals surface area contributed by atoms with Gasteiger partial charge >= 0.3 is 0 Å². The average molecular weight is 170 g/mol. The van der Waals surface area contributed by atoms with Crippen molar-refractivity contribution >= 4 is 9.52 Å². The van der Waals surface area contributed by atoms with E-state index in [4.69, 9.17) is 0 Å². The molecule has 1 rings (SSSR count). The Hall–Kier alpha value is 0.217. The molecule has 0 bridgehead atoms. The van der Waals surface area contributed by atoms with Gasteiger partial charge in [-0.3, -0.25) is 0 Å². The van der Waals surface area contributed by atoms with Crippen molar-refractivity contribution in [2.75, 3.05) is 0 Å². The van der Waals surface area contributed by atoms with Gasteiger partial charge < -0.3 is 0 Å². The summed E-state index contributed by atoms with van der Waals surface area (Å²) in [5, 5.41) is 0. The summed E-state index contributed by atoms with van der Waals surface area (Å²) in [6.07, 6.45) is 10.7. The van der Waals surface area contributed by atoms with E-state index in [9.17, 15) is 0 Å². The molecule has 0 spiro atoms. The molecule has 1 fully saturated rings. The van der Waals surface area contributed by atoms with Gasteiger partial charge in [-0.1, -0.05) is 63.5 Å². The molecule has 1 heteroatoms. The molecule has 0 aromatic carbocycles. The third-order valence-corrected chi connectivity index (χ3v) is 5.48. The van der Waals surface area contributed by atoms with Crippen molar-refractivity contribution in [2.45, 2.75) is 63.5 Å². The van der Waals surface area contributed by atoms with Crippen molar-refractivity contribution < 1.29 is 0 Å². The van der Waals surface area contributed by atoms with Gasteiger partial charge in [0, 0.05) is 9.52 Å². The van der Waals surface area contributed by atoms with Crippen LogP contribution < -0.4 is 0 Å². The summed E-state index contributed by atoms with van der Waals surface area (Å²) >= 11 is 0.